The van der Waals surface area contributed by atoms with Gasteiger partial charge >= 0.3 is 62.7 Å². The number of unbranched alkanes of at least 4 members (excludes halogenated alkanes) is 1. The molecule has 0 aromatic heterocycles. The summed E-state index contributed by atoms with van der Waals surface area (Å²) in [6.07, 6.45) is 1.64. The molecule has 4 heteroatoms. The molecule has 0 aliphatic heterocycles. The van der Waals surface area contributed by atoms with Crippen LogP contribution < -0.4 is 0 Å². The Morgan fingerprint density at radius 2 is 1.89 bits per heavy atom. The van der Waals surface area contributed by atoms with Gasteiger partial charge in [0.05, 0.1) is 0 Å². The number of halogens is 3. The first-order valence-corrected chi connectivity index (χ1v) is 6.32. The second-order valence-electron chi connectivity index (χ2n) is 1.78. The average Bonchev–Trinajstić information content (AvgIpc) is 1.63. The minimum absolute atomic E-state index is 0.448. The molecule has 0 unspecified atom stereocenters. The summed E-state index contributed by atoms with van der Waals surface area (Å²) < 4.78 is 31.0. The van der Waals surface area contributed by atoms with Crippen molar-refractivity contribution in [3.63, 3.8) is 0 Å². The molecule has 9 heavy (non-hydrogen) atoms. The van der Waals surface area contributed by atoms with E-state index in [0.717, 1.165) is 12.8 Å². The topological polar surface area (TPSA) is 0 Å². The van der Waals surface area contributed by atoms with E-state index in [1.807, 2.05) is 6.92 Å². The molecule has 0 fully saturated rings. The van der Waals surface area contributed by atoms with E-state index in [1.54, 1.807) is 0 Å². The summed E-state index contributed by atoms with van der Waals surface area (Å²) in [6.45, 7) is 1.91. The maximum absolute atomic E-state index is 11.5. The second-order valence-corrected chi connectivity index (χ2v) is 5.83. The molecule has 0 bridgehead atoms. The molecule has 2 radical (unpaired) electrons. The molecule has 0 aliphatic carbocycles. The van der Waals surface area contributed by atoms with Crippen molar-refractivity contribution in [3.8, 4) is 0 Å². The van der Waals surface area contributed by atoms with E-state index < -0.39 is 25.3 Å². The fraction of sp³-hybridized carbons (Fsp3) is 1.00. The Kier molecular flexibility index (Phi) is 4.70. The van der Waals surface area contributed by atoms with Gasteiger partial charge in [-0.1, -0.05) is 0 Å². The van der Waals surface area contributed by atoms with Crippen LogP contribution in [0.3, 0.4) is 0 Å². The van der Waals surface area contributed by atoms with Crippen LogP contribution in [-0.2, 0) is 0 Å². The summed E-state index contributed by atoms with van der Waals surface area (Å²) in [5, 5.41) is 0. The summed E-state index contributed by atoms with van der Waals surface area (Å²) in [5.41, 5.74) is 0. The Morgan fingerprint density at radius 1 is 1.33 bits per heavy atom. The van der Waals surface area contributed by atoms with Gasteiger partial charge in [0, 0.05) is 0 Å². The molecule has 54 valence electrons. The van der Waals surface area contributed by atoms with Crippen LogP contribution in [0.25, 0.3) is 0 Å². The van der Waals surface area contributed by atoms with Gasteiger partial charge in [-0.3, -0.25) is 0 Å². The Labute approximate surface area is 63.0 Å². The van der Waals surface area contributed by atoms with Gasteiger partial charge in [0.1, 0.15) is 0 Å². The third kappa shape index (κ3) is 8.59. The molecule has 0 saturated heterocycles. The van der Waals surface area contributed by atoms with Crippen LogP contribution in [0.15, 0.2) is 0 Å². The SMILES string of the molecule is CCC[CH2][Sn][C](F)(F)F. The molecule has 0 aromatic rings. The van der Waals surface area contributed by atoms with Gasteiger partial charge in [0.25, 0.3) is 0 Å². The van der Waals surface area contributed by atoms with Crippen molar-refractivity contribution >= 4 is 21.1 Å². The third-order valence-corrected chi connectivity index (χ3v) is 3.72. The van der Waals surface area contributed by atoms with Gasteiger partial charge in [0.15, 0.2) is 0 Å². The molecule has 0 N–H and O–H groups in total. The van der Waals surface area contributed by atoms with Crippen molar-refractivity contribution in [1.29, 1.82) is 0 Å². The Bertz CT molecular complexity index is 69.1. The van der Waals surface area contributed by atoms with Crippen molar-refractivity contribution in [3.05, 3.63) is 0 Å². The van der Waals surface area contributed by atoms with Gasteiger partial charge < -0.3 is 0 Å². The van der Waals surface area contributed by atoms with Crippen molar-refractivity contribution in [2.24, 2.45) is 0 Å². The number of rotatable bonds is 3. The zero-order valence-electron chi connectivity index (χ0n) is 5.26. The molecule has 0 aromatic carbocycles. The van der Waals surface area contributed by atoms with Crippen LogP contribution >= 0.6 is 0 Å². The molecule has 0 saturated carbocycles. The van der Waals surface area contributed by atoms with E-state index in [9.17, 15) is 13.2 Å². The predicted octanol–water partition coefficient (Wildman–Crippen LogP) is 2.43. The molecule has 0 amide bonds. The van der Waals surface area contributed by atoms with Crippen LogP contribution in [0, 0.1) is 0 Å². The standard InChI is InChI=1S/C4H9.CF3.Sn/c1-3-4-2;2-1(3)4;/h1,3-4H2,2H3;;. The molecule has 0 spiro atoms. The molecule has 0 nitrogen and oxygen atoms in total. The third-order valence-electron chi connectivity index (χ3n) is 0.856. The van der Waals surface area contributed by atoms with Crippen molar-refractivity contribution in [1.82, 2.24) is 0 Å². The van der Waals surface area contributed by atoms with Gasteiger partial charge in [-0.2, -0.15) is 0 Å². The number of hydrogen-bond acceptors (Lipinski definition) is 0. The molecule has 0 heterocycles. The number of hydrogen-bond donors (Lipinski definition) is 0. The average molecular weight is 245 g/mol. The summed E-state index contributed by atoms with van der Waals surface area (Å²) in [4.78, 5) is 0. The molecule has 0 rings (SSSR count). The Balaban J connectivity index is 3.07. The normalized spacial score (nSPS) is 12.0. The molecule has 0 atom stereocenters. The summed E-state index contributed by atoms with van der Waals surface area (Å²) in [5.74, 6) is 0. The summed E-state index contributed by atoms with van der Waals surface area (Å²) in [6, 6.07) is 0. The minimum atomic E-state index is -3.78. The van der Waals surface area contributed by atoms with Gasteiger partial charge in [0.2, 0.25) is 0 Å². The molecule has 0 aliphatic rings. The zero-order chi connectivity index (χ0) is 7.33. The fourth-order valence-corrected chi connectivity index (χ4v) is 2.73. The maximum atomic E-state index is 11.5. The summed E-state index contributed by atoms with van der Waals surface area (Å²) in [7, 11) is 0. The van der Waals surface area contributed by atoms with Gasteiger partial charge in [-0.05, 0) is 0 Å². The first kappa shape index (κ1) is 9.59. The van der Waals surface area contributed by atoms with Gasteiger partial charge in [-0.15, -0.1) is 0 Å². The van der Waals surface area contributed by atoms with Gasteiger partial charge in [-0.25, -0.2) is 0 Å². The number of alkyl halides is 3. The second kappa shape index (κ2) is 4.41. The van der Waals surface area contributed by atoms with Crippen molar-refractivity contribution in [2.45, 2.75) is 28.4 Å². The van der Waals surface area contributed by atoms with Crippen LogP contribution in [0.4, 0.5) is 13.2 Å². The van der Waals surface area contributed by atoms with Crippen LogP contribution in [0.1, 0.15) is 19.8 Å². The van der Waals surface area contributed by atoms with Crippen molar-refractivity contribution < 1.29 is 13.2 Å². The molecular formula is C5H9F3Sn. The van der Waals surface area contributed by atoms with E-state index in [4.69, 9.17) is 0 Å². The van der Waals surface area contributed by atoms with Crippen LogP contribution in [0.2, 0.25) is 4.44 Å². The first-order valence-electron chi connectivity index (χ1n) is 2.88. The van der Waals surface area contributed by atoms with Crippen LogP contribution in [-0.4, -0.2) is 25.3 Å². The van der Waals surface area contributed by atoms with E-state index in [1.165, 1.54) is 0 Å². The predicted molar refractivity (Wildman–Crippen MR) is 31.5 cm³/mol. The molecular weight excluding hydrogens is 236 g/mol. The Morgan fingerprint density at radius 3 is 2.22 bits per heavy atom. The Hall–Kier alpha value is 0.589. The summed E-state index contributed by atoms with van der Waals surface area (Å²) >= 11 is -2.02. The van der Waals surface area contributed by atoms with E-state index in [0.29, 0.717) is 4.44 Å². The quantitative estimate of drug-likeness (QED) is 0.529. The zero-order valence-corrected chi connectivity index (χ0v) is 8.11. The first-order chi connectivity index (χ1) is 4.06. The van der Waals surface area contributed by atoms with E-state index >= 15 is 0 Å². The van der Waals surface area contributed by atoms with E-state index in [-0.39, 0.29) is 0 Å². The van der Waals surface area contributed by atoms with Crippen LogP contribution in [0.5, 0.6) is 0 Å². The van der Waals surface area contributed by atoms with E-state index in [2.05, 4.69) is 0 Å². The fourth-order valence-electron chi connectivity index (χ4n) is 0.407. The van der Waals surface area contributed by atoms with Crippen molar-refractivity contribution in [2.75, 3.05) is 0 Å². The monoisotopic (exact) mass is 246 g/mol.